The maximum absolute atomic E-state index is 12.2. The lowest BCUT2D eigenvalue weighted by molar-refractivity contribution is 0.454. The topological polar surface area (TPSA) is 70.0 Å². The van der Waals surface area contributed by atoms with Crippen molar-refractivity contribution in [3.05, 3.63) is 29.8 Å². The predicted octanol–water partition coefficient (Wildman–Crippen LogP) is 2.06. The van der Waals surface area contributed by atoms with Gasteiger partial charge in [-0.25, -0.2) is 8.42 Å². The number of sulfone groups is 1. The van der Waals surface area contributed by atoms with Gasteiger partial charge in [0.15, 0.2) is 9.84 Å². The maximum Gasteiger partial charge on any atom is 0.179 e. The average molecular weight is 324 g/mol. The zero-order valence-electron chi connectivity index (χ0n) is 11.9. The Hall–Kier alpha value is -1.03. The Morgan fingerprint density at radius 1 is 1.33 bits per heavy atom. The number of nitrogens with zero attached hydrogens (tertiary/aromatic N) is 1. The molecule has 4 nitrogen and oxygen atoms in total. The van der Waals surface area contributed by atoms with Crippen molar-refractivity contribution in [3.8, 4) is 6.07 Å². The molecule has 0 amide bonds. The fourth-order valence-electron chi connectivity index (χ4n) is 2.34. The molecule has 0 aliphatic carbocycles. The van der Waals surface area contributed by atoms with Gasteiger partial charge in [-0.05, 0) is 55.0 Å². The first kappa shape index (κ1) is 16.3. The summed E-state index contributed by atoms with van der Waals surface area (Å²) in [5, 5.41) is 12.1. The highest BCUT2D eigenvalue weighted by Crippen LogP contribution is 2.21. The van der Waals surface area contributed by atoms with E-state index >= 15 is 0 Å². The van der Waals surface area contributed by atoms with Crippen LogP contribution in [0.3, 0.4) is 0 Å². The van der Waals surface area contributed by atoms with E-state index in [1.54, 1.807) is 18.2 Å². The van der Waals surface area contributed by atoms with E-state index in [0.717, 1.165) is 6.54 Å². The molecule has 1 aromatic rings. The first-order chi connectivity index (χ1) is 10.1. The van der Waals surface area contributed by atoms with Crippen molar-refractivity contribution >= 4 is 21.6 Å². The van der Waals surface area contributed by atoms with Crippen molar-refractivity contribution in [2.45, 2.75) is 17.7 Å². The van der Waals surface area contributed by atoms with Crippen LogP contribution >= 0.6 is 11.8 Å². The predicted molar refractivity (Wildman–Crippen MR) is 86.1 cm³/mol. The highest BCUT2D eigenvalue weighted by molar-refractivity contribution is 7.99. The summed E-state index contributed by atoms with van der Waals surface area (Å²) in [5.74, 6) is 3.18. The van der Waals surface area contributed by atoms with E-state index < -0.39 is 9.84 Å². The van der Waals surface area contributed by atoms with Gasteiger partial charge >= 0.3 is 0 Å². The number of hydrogen-bond acceptors (Lipinski definition) is 5. The van der Waals surface area contributed by atoms with Crippen molar-refractivity contribution in [3.63, 3.8) is 0 Å². The van der Waals surface area contributed by atoms with E-state index in [4.69, 9.17) is 5.26 Å². The van der Waals surface area contributed by atoms with Crippen LogP contribution in [0.5, 0.6) is 0 Å². The molecule has 0 aromatic heterocycles. The summed E-state index contributed by atoms with van der Waals surface area (Å²) < 4.78 is 24.4. The quantitative estimate of drug-likeness (QED) is 0.811. The van der Waals surface area contributed by atoms with Crippen LogP contribution in [0, 0.1) is 17.2 Å². The van der Waals surface area contributed by atoms with E-state index in [1.165, 1.54) is 30.4 Å². The standard InChI is InChI=1S/C15H20N2O2S2/c16-11-14-2-1-3-15(10-14)21(18,19)9-6-17-12-13-4-7-20-8-5-13/h1-3,10,13,17H,4-9,12H2. The van der Waals surface area contributed by atoms with Crippen LogP contribution in [0.15, 0.2) is 29.2 Å². The summed E-state index contributed by atoms with van der Waals surface area (Å²) >= 11 is 1.99. The smallest absolute Gasteiger partial charge is 0.179 e. The molecule has 0 spiro atoms. The molecule has 1 heterocycles. The summed E-state index contributed by atoms with van der Waals surface area (Å²) in [6.45, 7) is 1.36. The van der Waals surface area contributed by atoms with Gasteiger partial charge in [-0.2, -0.15) is 17.0 Å². The third-order valence-electron chi connectivity index (χ3n) is 3.64. The third-order valence-corrected chi connectivity index (χ3v) is 6.41. The van der Waals surface area contributed by atoms with E-state index in [9.17, 15) is 8.42 Å². The van der Waals surface area contributed by atoms with Crippen LogP contribution in [-0.4, -0.2) is 38.8 Å². The Kier molecular flexibility index (Phi) is 6.09. The Bertz CT molecular complexity index is 602. The minimum atomic E-state index is -3.31. The van der Waals surface area contributed by atoms with Gasteiger partial charge in [0.1, 0.15) is 0 Å². The zero-order valence-corrected chi connectivity index (χ0v) is 13.5. The third kappa shape index (κ3) is 5.03. The number of nitrogens with one attached hydrogen (secondary N) is 1. The molecule has 1 aliphatic rings. The number of nitriles is 1. The van der Waals surface area contributed by atoms with Crippen LogP contribution in [0.2, 0.25) is 0 Å². The highest BCUT2D eigenvalue weighted by atomic mass is 32.2. The lowest BCUT2D eigenvalue weighted by atomic mass is 10.0. The molecule has 1 saturated heterocycles. The highest BCUT2D eigenvalue weighted by Gasteiger charge is 2.16. The Labute approximate surface area is 130 Å². The molecule has 0 unspecified atom stereocenters. The van der Waals surface area contributed by atoms with Gasteiger partial charge in [-0.15, -0.1) is 0 Å². The molecular weight excluding hydrogens is 304 g/mol. The van der Waals surface area contributed by atoms with Gasteiger partial charge in [-0.1, -0.05) is 6.07 Å². The Balaban J connectivity index is 1.82. The molecule has 0 atom stereocenters. The molecule has 114 valence electrons. The molecular formula is C15H20N2O2S2. The summed E-state index contributed by atoms with van der Waals surface area (Å²) in [5.41, 5.74) is 0.378. The number of rotatable bonds is 6. The van der Waals surface area contributed by atoms with Gasteiger partial charge < -0.3 is 5.32 Å². The normalized spacial score (nSPS) is 16.5. The van der Waals surface area contributed by atoms with Crippen molar-refractivity contribution in [1.82, 2.24) is 5.32 Å². The second-order valence-corrected chi connectivity index (χ2v) is 8.55. The monoisotopic (exact) mass is 324 g/mol. The first-order valence-electron chi connectivity index (χ1n) is 7.13. The second kappa shape index (κ2) is 7.83. The van der Waals surface area contributed by atoms with Crippen LogP contribution in [0.1, 0.15) is 18.4 Å². The van der Waals surface area contributed by atoms with E-state index in [-0.39, 0.29) is 10.6 Å². The SMILES string of the molecule is N#Cc1cccc(S(=O)(=O)CCNCC2CCSCC2)c1. The minimum Gasteiger partial charge on any atom is -0.315 e. The van der Waals surface area contributed by atoms with Crippen molar-refractivity contribution in [2.24, 2.45) is 5.92 Å². The number of hydrogen-bond donors (Lipinski definition) is 1. The van der Waals surface area contributed by atoms with Gasteiger partial charge in [-0.3, -0.25) is 0 Å². The van der Waals surface area contributed by atoms with E-state index in [1.807, 2.05) is 17.8 Å². The largest absolute Gasteiger partial charge is 0.315 e. The molecule has 0 bridgehead atoms. The maximum atomic E-state index is 12.2. The van der Waals surface area contributed by atoms with Crippen LogP contribution in [-0.2, 0) is 9.84 Å². The molecule has 0 saturated carbocycles. The Morgan fingerprint density at radius 3 is 2.81 bits per heavy atom. The summed E-state index contributed by atoms with van der Waals surface area (Å²) in [6, 6.07) is 8.18. The van der Waals surface area contributed by atoms with Crippen LogP contribution < -0.4 is 5.32 Å². The second-order valence-electron chi connectivity index (χ2n) is 5.22. The average Bonchev–Trinajstić information content (AvgIpc) is 2.53. The number of benzene rings is 1. The molecule has 1 N–H and O–H groups in total. The first-order valence-corrected chi connectivity index (χ1v) is 9.94. The lowest BCUT2D eigenvalue weighted by Crippen LogP contribution is -2.29. The summed E-state index contributed by atoms with van der Waals surface area (Å²) in [6.07, 6.45) is 2.43. The molecule has 6 heteroatoms. The van der Waals surface area contributed by atoms with Gasteiger partial charge in [0.05, 0.1) is 22.3 Å². The van der Waals surface area contributed by atoms with Crippen molar-refractivity contribution in [1.29, 1.82) is 5.26 Å². The van der Waals surface area contributed by atoms with Gasteiger partial charge in [0.2, 0.25) is 0 Å². The van der Waals surface area contributed by atoms with E-state index in [2.05, 4.69) is 5.32 Å². The van der Waals surface area contributed by atoms with Crippen LogP contribution in [0.4, 0.5) is 0 Å². The number of thioether (sulfide) groups is 1. The molecule has 1 aromatic carbocycles. The lowest BCUT2D eigenvalue weighted by Gasteiger charge is -2.21. The minimum absolute atomic E-state index is 0.0728. The van der Waals surface area contributed by atoms with Gasteiger partial charge in [0, 0.05) is 6.54 Å². The fraction of sp³-hybridized carbons (Fsp3) is 0.533. The Morgan fingerprint density at radius 2 is 2.10 bits per heavy atom. The van der Waals surface area contributed by atoms with Crippen molar-refractivity contribution in [2.75, 3.05) is 30.3 Å². The van der Waals surface area contributed by atoms with Crippen molar-refractivity contribution < 1.29 is 8.42 Å². The van der Waals surface area contributed by atoms with Crippen LogP contribution in [0.25, 0.3) is 0 Å². The molecule has 2 rings (SSSR count). The summed E-state index contributed by atoms with van der Waals surface area (Å²) in [4.78, 5) is 0.234. The zero-order chi connectivity index (χ0) is 15.1. The summed E-state index contributed by atoms with van der Waals surface area (Å²) in [7, 11) is -3.31. The fourth-order valence-corrected chi connectivity index (χ4v) is 4.79. The van der Waals surface area contributed by atoms with E-state index in [0.29, 0.717) is 18.0 Å². The van der Waals surface area contributed by atoms with Gasteiger partial charge in [0.25, 0.3) is 0 Å². The molecule has 0 radical (unpaired) electrons. The molecule has 1 fully saturated rings. The molecule has 21 heavy (non-hydrogen) atoms. The molecule has 1 aliphatic heterocycles.